The highest BCUT2D eigenvalue weighted by Gasteiger charge is 2.27. The largest absolute Gasteiger partial charge is 0.493 e. The fourth-order valence-corrected chi connectivity index (χ4v) is 4.70. The lowest BCUT2D eigenvalue weighted by molar-refractivity contribution is 0.198. The van der Waals surface area contributed by atoms with E-state index in [1.54, 1.807) is 24.3 Å². The molecular formula is C30H33F3O2. The third kappa shape index (κ3) is 6.19. The average molecular weight is 483 g/mol. The lowest BCUT2D eigenvalue weighted by Crippen LogP contribution is -2.20. The second-order valence-electron chi connectivity index (χ2n) is 9.52. The summed E-state index contributed by atoms with van der Waals surface area (Å²) < 4.78 is 55.4. The van der Waals surface area contributed by atoms with Gasteiger partial charge in [0.25, 0.3) is 0 Å². The molecule has 0 radical (unpaired) electrons. The summed E-state index contributed by atoms with van der Waals surface area (Å²) in [4.78, 5) is 0. The first-order valence-corrected chi connectivity index (χ1v) is 12.6. The van der Waals surface area contributed by atoms with Crippen LogP contribution in [-0.2, 0) is 0 Å². The Morgan fingerprint density at radius 1 is 0.829 bits per heavy atom. The van der Waals surface area contributed by atoms with Crippen molar-refractivity contribution in [3.8, 4) is 22.6 Å². The van der Waals surface area contributed by atoms with Crippen LogP contribution in [0.4, 0.5) is 13.2 Å². The molecule has 0 amide bonds. The molecule has 0 unspecified atom stereocenters. The Hall–Kier alpha value is -2.95. The second kappa shape index (κ2) is 11.7. The Labute approximate surface area is 206 Å². The Balaban J connectivity index is 1.31. The van der Waals surface area contributed by atoms with E-state index in [4.69, 9.17) is 9.47 Å². The molecule has 4 rings (SSSR count). The van der Waals surface area contributed by atoms with Crippen molar-refractivity contribution in [1.82, 2.24) is 0 Å². The Morgan fingerprint density at radius 2 is 1.57 bits per heavy atom. The summed E-state index contributed by atoms with van der Waals surface area (Å²) in [6.45, 7) is 4.99. The van der Waals surface area contributed by atoms with Gasteiger partial charge in [0, 0.05) is 11.6 Å². The molecule has 0 N–H and O–H groups in total. The van der Waals surface area contributed by atoms with Gasteiger partial charge >= 0.3 is 0 Å². The fourth-order valence-electron chi connectivity index (χ4n) is 4.70. The van der Waals surface area contributed by atoms with Crippen molar-refractivity contribution in [3.05, 3.63) is 83.2 Å². The smallest absolute Gasteiger partial charge is 0.168 e. The number of aryl methyl sites for hydroxylation is 1. The van der Waals surface area contributed by atoms with Gasteiger partial charge in [-0.3, -0.25) is 0 Å². The zero-order chi connectivity index (χ0) is 24.8. The van der Waals surface area contributed by atoms with Crippen LogP contribution in [0.25, 0.3) is 11.1 Å². The van der Waals surface area contributed by atoms with E-state index in [2.05, 4.69) is 6.92 Å². The lowest BCUT2D eigenvalue weighted by atomic mass is 9.78. The van der Waals surface area contributed by atoms with E-state index < -0.39 is 17.5 Å². The van der Waals surface area contributed by atoms with E-state index in [0.717, 1.165) is 44.1 Å². The molecule has 2 nitrogen and oxygen atoms in total. The summed E-state index contributed by atoms with van der Waals surface area (Å²) in [6.07, 6.45) is 5.12. The summed E-state index contributed by atoms with van der Waals surface area (Å²) in [5.74, 6) is -0.921. The normalized spacial score (nSPS) is 17.9. The first kappa shape index (κ1) is 25.2. The SMILES string of the molecule is CCCCOc1ccc(OCC2CCC(c3ccc(-c4ccc(C)cc4)c(F)c3F)CC2)cc1F. The van der Waals surface area contributed by atoms with Gasteiger partial charge in [0.05, 0.1) is 13.2 Å². The van der Waals surface area contributed by atoms with Crippen molar-refractivity contribution in [3.63, 3.8) is 0 Å². The van der Waals surface area contributed by atoms with Crippen molar-refractivity contribution in [2.75, 3.05) is 13.2 Å². The standard InChI is InChI=1S/C30H33F3O2/c1-3-4-17-34-28-16-13-24(18-27(28)31)35-19-21-7-11-23(12-8-21)26-15-14-25(29(32)30(26)33)22-9-5-20(2)6-10-22/h5-6,9-10,13-16,18,21,23H,3-4,7-8,11-12,17,19H2,1-2H3. The van der Waals surface area contributed by atoms with E-state index in [9.17, 15) is 8.78 Å². The van der Waals surface area contributed by atoms with Gasteiger partial charge in [-0.05, 0) is 74.1 Å². The number of halogens is 3. The highest BCUT2D eigenvalue weighted by Crippen LogP contribution is 2.39. The maximum Gasteiger partial charge on any atom is 0.168 e. The topological polar surface area (TPSA) is 18.5 Å². The highest BCUT2D eigenvalue weighted by molar-refractivity contribution is 5.65. The zero-order valence-electron chi connectivity index (χ0n) is 20.5. The van der Waals surface area contributed by atoms with Gasteiger partial charge in [-0.1, -0.05) is 55.3 Å². The Kier molecular flexibility index (Phi) is 8.37. The van der Waals surface area contributed by atoms with Gasteiger partial charge in [-0.25, -0.2) is 13.2 Å². The molecule has 1 aliphatic carbocycles. The predicted molar refractivity (Wildman–Crippen MR) is 134 cm³/mol. The van der Waals surface area contributed by atoms with Crippen LogP contribution >= 0.6 is 0 Å². The number of benzene rings is 3. The van der Waals surface area contributed by atoms with Gasteiger partial charge < -0.3 is 9.47 Å². The molecule has 0 spiro atoms. The quantitative estimate of drug-likeness (QED) is 0.284. The molecule has 0 aliphatic heterocycles. The van der Waals surface area contributed by atoms with Crippen LogP contribution in [0.5, 0.6) is 11.5 Å². The first-order valence-electron chi connectivity index (χ1n) is 12.6. The van der Waals surface area contributed by atoms with Crippen LogP contribution < -0.4 is 9.47 Å². The second-order valence-corrected chi connectivity index (χ2v) is 9.52. The van der Waals surface area contributed by atoms with Crippen LogP contribution in [0, 0.1) is 30.3 Å². The van der Waals surface area contributed by atoms with Crippen molar-refractivity contribution in [2.45, 2.75) is 58.3 Å². The predicted octanol–water partition coefficient (Wildman–Crippen LogP) is 8.61. The minimum absolute atomic E-state index is 0.00943. The summed E-state index contributed by atoms with van der Waals surface area (Å²) in [7, 11) is 0. The summed E-state index contributed by atoms with van der Waals surface area (Å²) in [6, 6.07) is 15.6. The summed E-state index contributed by atoms with van der Waals surface area (Å²) in [5.41, 5.74) is 2.50. The van der Waals surface area contributed by atoms with E-state index >= 15 is 4.39 Å². The summed E-state index contributed by atoms with van der Waals surface area (Å²) in [5, 5.41) is 0. The molecule has 1 saturated carbocycles. The van der Waals surface area contributed by atoms with Crippen molar-refractivity contribution in [2.24, 2.45) is 5.92 Å². The molecule has 3 aromatic rings. The van der Waals surface area contributed by atoms with Crippen molar-refractivity contribution < 1.29 is 22.6 Å². The molecule has 0 heterocycles. The molecule has 1 fully saturated rings. The van der Waals surface area contributed by atoms with E-state index in [1.165, 1.54) is 6.07 Å². The Bertz CT molecular complexity index is 1120. The number of unbranched alkanes of at least 4 members (excludes halogenated alkanes) is 1. The molecule has 1 aliphatic rings. The van der Waals surface area contributed by atoms with Crippen molar-refractivity contribution >= 4 is 0 Å². The molecule has 186 valence electrons. The minimum Gasteiger partial charge on any atom is -0.493 e. The highest BCUT2D eigenvalue weighted by atomic mass is 19.2. The van der Waals surface area contributed by atoms with Crippen LogP contribution in [0.2, 0.25) is 0 Å². The molecule has 3 aromatic carbocycles. The van der Waals surface area contributed by atoms with Gasteiger partial charge in [0.15, 0.2) is 23.2 Å². The van der Waals surface area contributed by atoms with Crippen LogP contribution in [-0.4, -0.2) is 13.2 Å². The number of rotatable bonds is 9. The first-order chi connectivity index (χ1) is 17.0. The molecule has 35 heavy (non-hydrogen) atoms. The van der Waals surface area contributed by atoms with Gasteiger partial charge in [0.2, 0.25) is 0 Å². The maximum absolute atomic E-state index is 15.0. The average Bonchev–Trinajstić information content (AvgIpc) is 2.87. The number of hydrogen-bond donors (Lipinski definition) is 0. The van der Waals surface area contributed by atoms with Crippen molar-refractivity contribution in [1.29, 1.82) is 0 Å². The molecule has 0 saturated heterocycles. The number of ether oxygens (including phenoxy) is 2. The lowest BCUT2D eigenvalue weighted by Gasteiger charge is -2.29. The fraction of sp³-hybridized carbons (Fsp3) is 0.400. The van der Waals surface area contributed by atoms with Gasteiger partial charge in [-0.15, -0.1) is 0 Å². The van der Waals surface area contributed by atoms with E-state index in [0.29, 0.717) is 41.6 Å². The maximum atomic E-state index is 15.0. The molecule has 5 heteroatoms. The molecule has 0 atom stereocenters. The zero-order valence-corrected chi connectivity index (χ0v) is 20.5. The van der Waals surface area contributed by atoms with Crippen LogP contribution in [0.1, 0.15) is 62.5 Å². The van der Waals surface area contributed by atoms with E-state index in [1.807, 2.05) is 31.2 Å². The minimum atomic E-state index is -0.777. The third-order valence-electron chi connectivity index (χ3n) is 6.91. The monoisotopic (exact) mass is 482 g/mol. The molecule has 0 bridgehead atoms. The molecular weight excluding hydrogens is 449 g/mol. The van der Waals surface area contributed by atoms with Crippen LogP contribution in [0.3, 0.4) is 0 Å². The van der Waals surface area contributed by atoms with Gasteiger partial charge in [0.1, 0.15) is 5.75 Å². The molecule has 0 aromatic heterocycles. The summed E-state index contributed by atoms with van der Waals surface area (Å²) >= 11 is 0. The van der Waals surface area contributed by atoms with Crippen LogP contribution in [0.15, 0.2) is 54.6 Å². The Morgan fingerprint density at radius 3 is 2.26 bits per heavy atom. The third-order valence-corrected chi connectivity index (χ3v) is 6.91. The van der Waals surface area contributed by atoms with Gasteiger partial charge in [-0.2, -0.15) is 0 Å². The number of hydrogen-bond acceptors (Lipinski definition) is 2. The van der Waals surface area contributed by atoms with E-state index in [-0.39, 0.29) is 11.7 Å².